The Hall–Kier alpha value is -4.26. The van der Waals surface area contributed by atoms with Crippen molar-refractivity contribution in [2.45, 2.75) is 45.3 Å². The second kappa shape index (κ2) is 10.8. The average Bonchev–Trinajstić information content (AvgIpc) is 3.38. The number of esters is 3. The van der Waals surface area contributed by atoms with Crippen molar-refractivity contribution < 1.29 is 33.3 Å². The highest BCUT2D eigenvalue weighted by Crippen LogP contribution is 2.37. The van der Waals surface area contributed by atoms with Gasteiger partial charge in [0.15, 0.2) is 35.4 Å². The first kappa shape index (κ1) is 25.8. The zero-order chi connectivity index (χ0) is 26.7. The number of imidazole rings is 1. The molecule has 0 saturated carbocycles. The van der Waals surface area contributed by atoms with Crippen molar-refractivity contribution in [3.63, 3.8) is 0 Å². The summed E-state index contributed by atoms with van der Waals surface area (Å²) in [5.74, 6) is -0.910. The predicted octanol–water partition coefficient (Wildman–Crippen LogP) is 1.96. The summed E-state index contributed by atoms with van der Waals surface area (Å²) in [6.07, 6.45) is -2.52. The van der Waals surface area contributed by atoms with E-state index in [1.165, 1.54) is 27.1 Å². The molecule has 0 spiro atoms. The molecule has 2 aromatic heterocycles. The number of benzene rings is 1. The van der Waals surface area contributed by atoms with Gasteiger partial charge in [0, 0.05) is 40.6 Å². The molecule has 37 heavy (non-hydrogen) atoms. The number of fused-ring (bicyclic) bond motifs is 1. The van der Waals surface area contributed by atoms with E-state index >= 15 is 0 Å². The van der Waals surface area contributed by atoms with Gasteiger partial charge in [-0.3, -0.25) is 19.0 Å². The number of ether oxygens (including phenoxy) is 4. The zero-order valence-corrected chi connectivity index (χ0v) is 21.1. The summed E-state index contributed by atoms with van der Waals surface area (Å²) in [5, 5.41) is 3.18. The Labute approximate surface area is 212 Å². The molecule has 1 aliphatic heterocycles. The van der Waals surface area contributed by atoms with E-state index in [1.807, 2.05) is 44.4 Å². The Morgan fingerprint density at radius 1 is 1.00 bits per heavy atom. The molecule has 4 atom stereocenters. The second-order valence-corrected chi connectivity index (χ2v) is 8.60. The quantitative estimate of drug-likeness (QED) is 0.347. The molecular formula is C24H28N6O7. The Morgan fingerprint density at radius 2 is 1.68 bits per heavy atom. The lowest BCUT2D eigenvalue weighted by Gasteiger charge is -2.24. The van der Waals surface area contributed by atoms with Crippen LogP contribution in [0.15, 0.2) is 36.7 Å². The van der Waals surface area contributed by atoms with Crippen molar-refractivity contribution in [3.05, 3.63) is 36.7 Å². The molecule has 13 heteroatoms. The first-order valence-electron chi connectivity index (χ1n) is 11.5. The molecule has 13 nitrogen and oxygen atoms in total. The van der Waals surface area contributed by atoms with Crippen LogP contribution >= 0.6 is 0 Å². The SMILES string of the molecule is CC(=O)OC[C@H]1O[C@@H](n2cnc3c(N(C)C)nc(Nc4ccccc4)nc32)[C@H](OC(C)=O)[C@@H]1OC(C)=O. The maximum absolute atomic E-state index is 12.0. The van der Waals surface area contributed by atoms with Crippen LogP contribution in [0.1, 0.15) is 27.0 Å². The number of para-hydroxylation sites is 1. The number of hydrogen-bond acceptors (Lipinski definition) is 12. The molecule has 1 N–H and O–H groups in total. The summed E-state index contributed by atoms with van der Waals surface area (Å²) in [7, 11) is 3.65. The Kier molecular flexibility index (Phi) is 7.53. The number of nitrogens with one attached hydrogen (secondary N) is 1. The monoisotopic (exact) mass is 512 g/mol. The third kappa shape index (κ3) is 5.77. The molecule has 1 aliphatic rings. The number of carbonyl (C=O) groups is 3. The second-order valence-electron chi connectivity index (χ2n) is 8.60. The molecule has 196 valence electrons. The number of hydrogen-bond donors (Lipinski definition) is 1. The summed E-state index contributed by atoms with van der Waals surface area (Å²) in [6.45, 7) is 3.50. The average molecular weight is 513 g/mol. The molecule has 1 saturated heterocycles. The minimum absolute atomic E-state index is 0.215. The molecule has 0 aliphatic carbocycles. The third-order valence-electron chi connectivity index (χ3n) is 5.47. The fourth-order valence-electron chi connectivity index (χ4n) is 4.02. The highest BCUT2D eigenvalue weighted by Gasteiger charge is 2.51. The van der Waals surface area contributed by atoms with E-state index in [2.05, 4.69) is 20.3 Å². The van der Waals surface area contributed by atoms with Crippen LogP contribution in [-0.4, -0.2) is 76.4 Å². The van der Waals surface area contributed by atoms with Crippen LogP contribution < -0.4 is 10.2 Å². The molecule has 4 rings (SSSR count). The van der Waals surface area contributed by atoms with Gasteiger partial charge in [-0.25, -0.2) is 4.98 Å². The van der Waals surface area contributed by atoms with Crippen molar-refractivity contribution in [2.24, 2.45) is 0 Å². The van der Waals surface area contributed by atoms with E-state index in [9.17, 15) is 14.4 Å². The fourth-order valence-corrected chi connectivity index (χ4v) is 4.02. The van der Waals surface area contributed by atoms with Gasteiger partial charge < -0.3 is 29.2 Å². The van der Waals surface area contributed by atoms with Crippen LogP contribution in [-0.2, 0) is 33.3 Å². The third-order valence-corrected chi connectivity index (χ3v) is 5.47. The normalized spacial score (nSPS) is 20.9. The van der Waals surface area contributed by atoms with Gasteiger partial charge >= 0.3 is 17.9 Å². The van der Waals surface area contributed by atoms with Crippen molar-refractivity contribution in [3.8, 4) is 0 Å². The Balaban J connectivity index is 1.79. The maximum Gasteiger partial charge on any atom is 0.303 e. The molecule has 0 radical (unpaired) electrons. The summed E-state index contributed by atoms with van der Waals surface area (Å²) in [6, 6.07) is 9.41. The van der Waals surface area contributed by atoms with Gasteiger partial charge in [0.1, 0.15) is 12.7 Å². The lowest BCUT2D eigenvalue weighted by Crippen LogP contribution is -2.40. The Morgan fingerprint density at radius 3 is 2.30 bits per heavy atom. The summed E-state index contributed by atoms with van der Waals surface area (Å²) in [4.78, 5) is 50.9. The standard InChI is InChI=1S/C24H28N6O7/c1-13(31)34-11-17-19(35-14(2)32)20(36-15(3)33)23(37-17)30-12-25-18-21(29(4)5)27-24(28-22(18)30)26-16-9-7-6-8-10-16/h6-10,12,17,19-20,23H,11H2,1-5H3,(H,26,27,28)/t17-,19-,20-,23-/m1/s1. The molecule has 0 unspecified atom stereocenters. The van der Waals surface area contributed by atoms with Crippen molar-refractivity contribution in [1.82, 2.24) is 19.5 Å². The number of aromatic nitrogens is 4. The largest absolute Gasteiger partial charge is 0.463 e. The predicted molar refractivity (Wildman–Crippen MR) is 131 cm³/mol. The molecule has 3 heterocycles. The van der Waals surface area contributed by atoms with Crippen LogP contribution in [0.5, 0.6) is 0 Å². The smallest absolute Gasteiger partial charge is 0.303 e. The van der Waals surface area contributed by atoms with Crippen LogP contribution in [0.3, 0.4) is 0 Å². The van der Waals surface area contributed by atoms with Crippen LogP contribution in [0.2, 0.25) is 0 Å². The minimum atomic E-state index is -1.07. The van der Waals surface area contributed by atoms with E-state index in [1.54, 1.807) is 9.47 Å². The van der Waals surface area contributed by atoms with E-state index < -0.39 is 42.4 Å². The van der Waals surface area contributed by atoms with Gasteiger partial charge in [0.25, 0.3) is 0 Å². The molecular weight excluding hydrogens is 484 g/mol. The summed E-state index contributed by atoms with van der Waals surface area (Å²) < 4.78 is 23.9. The summed E-state index contributed by atoms with van der Waals surface area (Å²) in [5.41, 5.74) is 1.64. The van der Waals surface area contributed by atoms with Crippen LogP contribution in [0.25, 0.3) is 11.2 Å². The van der Waals surface area contributed by atoms with Gasteiger partial charge in [-0.2, -0.15) is 9.97 Å². The van der Waals surface area contributed by atoms with Gasteiger partial charge in [-0.1, -0.05) is 18.2 Å². The molecule has 1 aromatic carbocycles. The number of nitrogens with zero attached hydrogens (tertiary/aromatic N) is 5. The van der Waals surface area contributed by atoms with Gasteiger partial charge in [-0.15, -0.1) is 0 Å². The molecule has 1 fully saturated rings. The van der Waals surface area contributed by atoms with E-state index in [0.717, 1.165) is 5.69 Å². The summed E-state index contributed by atoms with van der Waals surface area (Å²) >= 11 is 0. The topological polar surface area (TPSA) is 147 Å². The van der Waals surface area contributed by atoms with E-state index in [0.29, 0.717) is 22.9 Å². The van der Waals surface area contributed by atoms with Gasteiger partial charge in [0.2, 0.25) is 5.95 Å². The lowest BCUT2D eigenvalue weighted by atomic mass is 10.1. The number of rotatable bonds is 8. The maximum atomic E-state index is 12.0. The lowest BCUT2D eigenvalue weighted by molar-refractivity contribution is -0.166. The van der Waals surface area contributed by atoms with Crippen LogP contribution in [0.4, 0.5) is 17.5 Å². The Bertz CT molecular complexity index is 1300. The van der Waals surface area contributed by atoms with Gasteiger partial charge in [-0.05, 0) is 12.1 Å². The van der Waals surface area contributed by atoms with E-state index in [-0.39, 0.29) is 6.61 Å². The highest BCUT2D eigenvalue weighted by molar-refractivity contribution is 5.85. The first-order valence-corrected chi connectivity index (χ1v) is 11.5. The van der Waals surface area contributed by atoms with E-state index in [4.69, 9.17) is 18.9 Å². The number of anilines is 3. The minimum Gasteiger partial charge on any atom is -0.463 e. The van der Waals surface area contributed by atoms with Crippen LogP contribution in [0, 0.1) is 0 Å². The molecule has 0 bridgehead atoms. The first-order chi connectivity index (χ1) is 17.6. The van der Waals surface area contributed by atoms with Crippen molar-refractivity contribution >= 4 is 46.5 Å². The molecule has 0 amide bonds. The van der Waals surface area contributed by atoms with Gasteiger partial charge in [0.05, 0.1) is 6.33 Å². The highest BCUT2D eigenvalue weighted by atomic mass is 16.7. The van der Waals surface area contributed by atoms with Crippen molar-refractivity contribution in [2.75, 3.05) is 30.9 Å². The zero-order valence-electron chi connectivity index (χ0n) is 21.1. The fraction of sp³-hybridized carbons (Fsp3) is 0.417. The number of carbonyl (C=O) groups excluding carboxylic acids is 3. The van der Waals surface area contributed by atoms with Crippen molar-refractivity contribution in [1.29, 1.82) is 0 Å². The molecule has 3 aromatic rings.